The van der Waals surface area contributed by atoms with Gasteiger partial charge in [0.2, 0.25) is 0 Å². The van der Waals surface area contributed by atoms with E-state index in [4.69, 9.17) is 0 Å². The number of rotatable bonds is 3. The van der Waals surface area contributed by atoms with Crippen LogP contribution < -0.4 is 0 Å². The van der Waals surface area contributed by atoms with Gasteiger partial charge in [-0.1, -0.05) is 30.4 Å². The van der Waals surface area contributed by atoms with Crippen molar-refractivity contribution in [3.63, 3.8) is 0 Å². The molecule has 0 N–H and O–H groups in total. The van der Waals surface area contributed by atoms with Crippen molar-refractivity contribution in [1.82, 2.24) is 0 Å². The summed E-state index contributed by atoms with van der Waals surface area (Å²) in [5, 5.41) is 0. The summed E-state index contributed by atoms with van der Waals surface area (Å²) in [4.78, 5) is 3.79. The Morgan fingerprint density at radius 3 is 2.60 bits per heavy atom. The summed E-state index contributed by atoms with van der Waals surface area (Å²) in [6.07, 6.45) is 9.35. The molecule has 0 unspecified atom stereocenters. The Bertz CT molecular complexity index is 173. The van der Waals surface area contributed by atoms with Gasteiger partial charge in [0.1, 0.15) is 0 Å². The second kappa shape index (κ2) is 6.02. The summed E-state index contributed by atoms with van der Waals surface area (Å²) < 4.78 is 0. The molecule has 0 saturated heterocycles. The third kappa shape index (κ3) is 5.04. The van der Waals surface area contributed by atoms with Crippen LogP contribution in [0.25, 0.3) is 0 Å². The van der Waals surface area contributed by atoms with Crippen LogP contribution in [0, 0.1) is 0 Å². The van der Waals surface area contributed by atoms with Gasteiger partial charge >= 0.3 is 0 Å². The Balaban J connectivity index is 3.81. The van der Waals surface area contributed by atoms with Gasteiger partial charge in [0.05, 0.1) is 0 Å². The van der Waals surface area contributed by atoms with Gasteiger partial charge in [0, 0.05) is 13.3 Å². The van der Waals surface area contributed by atoms with Gasteiger partial charge < -0.3 is 0 Å². The summed E-state index contributed by atoms with van der Waals surface area (Å²) in [5.41, 5.74) is 1.15. The zero-order chi connectivity index (χ0) is 7.82. The summed E-state index contributed by atoms with van der Waals surface area (Å²) >= 11 is 0. The lowest BCUT2D eigenvalue weighted by Crippen LogP contribution is -1.64. The number of aliphatic imine (C=N–C) groups is 1. The zero-order valence-electron chi connectivity index (χ0n) is 6.54. The molecule has 0 bridgehead atoms. The van der Waals surface area contributed by atoms with Crippen LogP contribution in [0.4, 0.5) is 0 Å². The molecule has 54 valence electrons. The predicted octanol–water partition coefficient (Wildman–Crippen LogP) is 2.38. The minimum absolute atomic E-state index is 1.15. The van der Waals surface area contributed by atoms with Gasteiger partial charge in [-0.3, -0.25) is 4.99 Å². The van der Waals surface area contributed by atoms with Crippen LogP contribution in [0.5, 0.6) is 0 Å². The second-order valence-corrected chi connectivity index (χ2v) is 1.91. The van der Waals surface area contributed by atoms with Crippen molar-refractivity contribution in [3.05, 3.63) is 36.5 Å². The van der Waals surface area contributed by atoms with E-state index in [1.165, 1.54) is 0 Å². The number of hydrogen-bond acceptors (Lipinski definition) is 1. The molecule has 1 nitrogen and oxygen atoms in total. The van der Waals surface area contributed by atoms with Crippen molar-refractivity contribution in [2.75, 3.05) is 7.05 Å². The van der Waals surface area contributed by atoms with Gasteiger partial charge in [0.15, 0.2) is 0 Å². The molecule has 0 heterocycles. The predicted molar refractivity (Wildman–Crippen MR) is 47.5 cm³/mol. The molecule has 0 atom stereocenters. The third-order valence-electron chi connectivity index (χ3n) is 1.03. The van der Waals surface area contributed by atoms with E-state index in [0.717, 1.165) is 5.57 Å². The first-order chi connectivity index (χ1) is 4.81. The Morgan fingerprint density at radius 2 is 2.10 bits per heavy atom. The first-order valence-electron chi connectivity index (χ1n) is 3.19. The summed E-state index contributed by atoms with van der Waals surface area (Å²) in [6.45, 7) is 5.62. The van der Waals surface area contributed by atoms with Crippen molar-refractivity contribution >= 4 is 6.21 Å². The average Bonchev–Trinajstić information content (AvgIpc) is 1.98. The van der Waals surface area contributed by atoms with Crippen molar-refractivity contribution < 1.29 is 0 Å². The minimum atomic E-state index is 1.15. The number of hydrogen-bond donors (Lipinski definition) is 0. The van der Waals surface area contributed by atoms with E-state index in [9.17, 15) is 0 Å². The molecule has 0 rings (SSSR count). The second-order valence-electron chi connectivity index (χ2n) is 1.91. The van der Waals surface area contributed by atoms with Crippen molar-refractivity contribution in [3.8, 4) is 0 Å². The molecule has 0 aliphatic heterocycles. The highest BCUT2D eigenvalue weighted by atomic mass is 14.6. The SMILES string of the molecule is C=C\C(C)=C/C=C/C=N/C. The molecule has 10 heavy (non-hydrogen) atoms. The fourth-order valence-corrected chi connectivity index (χ4v) is 0.411. The minimum Gasteiger partial charge on any atom is -0.297 e. The third-order valence-corrected chi connectivity index (χ3v) is 1.03. The molecule has 0 amide bonds. The Hall–Kier alpha value is -1.11. The van der Waals surface area contributed by atoms with Gasteiger partial charge in [-0.2, -0.15) is 0 Å². The molecular formula is C9H13N. The highest BCUT2D eigenvalue weighted by Crippen LogP contribution is 1.91. The summed E-state index contributed by atoms with van der Waals surface area (Å²) in [5.74, 6) is 0. The molecule has 0 spiro atoms. The summed E-state index contributed by atoms with van der Waals surface area (Å²) in [7, 11) is 1.74. The van der Waals surface area contributed by atoms with E-state index < -0.39 is 0 Å². The topological polar surface area (TPSA) is 12.4 Å². The lowest BCUT2D eigenvalue weighted by atomic mass is 10.3. The highest BCUT2D eigenvalue weighted by Gasteiger charge is 1.71. The largest absolute Gasteiger partial charge is 0.297 e. The smallest absolute Gasteiger partial charge is 0.0277 e. The standard InChI is InChI=1S/C9H13N/c1-4-9(2)7-5-6-8-10-3/h4-8H,1H2,2-3H3/b6-5+,9-7-,10-8+. The fraction of sp³-hybridized carbons (Fsp3) is 0.222. The summed E-state index contributed by atoms with van der Waals surface area (Å²) in [6, 6.07) is 0. The van der Waals surface area contributed by atoms with Crippen LogP contribution >= 0.6 is 0 Å². The van der Waals surface area contributed by atoms with Gasteiger partial charge in [-0.15, -0.1) is 0 Å². The van der Waals surface area contributed by atoms with E-state index in [0.29, 0.717) is 0 Å². The maximum absolute atomic E-state index is 3.79. The quantitative estimate of drug-likeness (QED) is 0.416. The van der Waals surface area contributed by atoms with E-state index in [1.54, 1.807) is 13.3 Å². The number of allylic oxidation sites excluding steroid dienone is 5. The molecule has 0 aromatic rings. The monoisotopic (exact) mass is 135 g/mol. The van der Waals surface area contributed by atoms with Crippen molar-refractivity contribution in [2.45, 2.75) is 6.92 Å². The van der Waals surface area contributed by atoms with Gasteiger partial charge in [-0.25, -0.2) is 0 Å². The van der Waals surface area contributed by atoms with E-state index in [-0.39, 0.29) is 0 Å². The van der Waals surface area contributed by atoms with Crippen LogP contribution in [0.2, 0.25) is 0 Å². The molecule has 0 radical (unpaired) electrons. The van der Waals surface area contributed by atoms with E-state index in [1.807, 2.05) is 31.2 Å². The van der Waals surface area contributed by atoms with E-state index >= 15 is 0 Å². The lowest BCUT2D eigenvalue weighted by molar-refractivity contribution is 1.47. The lowest BCUT2D eigenvalue weighted by Gasteiger charge is -1.82. The maximum atomic E-state index is 3.79. The average molecular weight is 135 g/mol. The van der Waals surface area contributed by atoms with Crippen LogP contribution in [-0.2, 0) is 0 Å². The van der Waals surface area contributed by atoms with Crippen LogP contribution in [0.15, 0.2) is 41.4 Å². The van der Waals surface area contributed by atoms with Crippen LogP contribution in [0.1, 0.15) is 6.92 Å². The molecule has 0 fully saturated rings. The van der Waals surface area contributed by atoms with Gasteiger partial charge in [0.25, 0.3) is 0 Å². The maximum Gasteiger partial charge on any atom is 0.0277 e. The fourth-order valence-electron chi connectivity index (χ4n) is 0.411. The molecule has 0 aliphatic rings. The molecule has 0 saturated carbocycles. The molecule has 0 aromatic heterocycles. The van der Waals surface area contributed by atoms with Crippen molar-refractivity contribution in [1.29, 1.82) is 0 Å². The Kier molecular flexibility index (Phi) is 5.35. The normalized spacial score (nSPS) is 13.2. The van der Waals surface area contributed by atoms with Crippen LogP contribution in [-0.4, -0.2) is 13.3 Å². The van der Waals surface area contributed by atoms with Crippen molar-refractivity contribution in [2.24, 2.45) is 4.99 Å². The molecule has 0 aliphatic carbocycles. The molecular weight excluding hydrogens is 122 g/mol. The Morgan fingerprint density at radius 1 is 1.40 bits per heavy atom. The van der Waals surface area contributed by atoms with E-state index in [2.05, 4.69) is 11.6 Å². The Labute approximate surface area is 62.5 Å². The highest BCUT2D eigenvalue weighted by molar-refractivity contribution is 5.71. The first-order valence-corrected chi connectivity index (χ1v) is 3.19. The number of nitrogens with zero attached hydrogens (tertiary/aromatic N) is 1. The van der Waals surface area contributed by atoms with Gasteiger partial charge in [-0.05, 0) is 13.0 Å². The zero-order valence-corrected chi connectivity index (χ0v) is 6.54. The molecule has 1 heteroatoms. The molecule has 0 aromatic carbocycles. The first kappa shape index (κ1) is 8.89. The van der Waals surface area contributed by atoms with Crippen LogP contribution in [0.3, 0.4) is 0 Å².